The Morgan fingerprint density at radius 3 is 2.94 bits per heavy atom. The molecular formula is C12H17NO3S. The lowest BCUT2D eigenvalue weighted by Crippen LogP contribution is -2.25. The number of aliphatic hydroxyl groups is 1. The van der Waals surface area contributed by atoms with Gasteiger partial charge in [0.05, 0.1) is 19.5 Å². The van der Waals surface area contributed by atoms with Gasteiger partial charge in [0.1, 0.15) is 5.75 Å². The highest BCUT2D eigenvalue weighted by Gasteiger charge is 2.04. The Bertz CT molecular complexity index is 357. The average molecular weight is 255 g/mol. The highest BCUT2D eigenvalue weighted by atomic mass is 32.2. The van der Waals surface area contributed by atoms with Crippen LogP contribution in [0, 0.1) is 0 Å². The average Bonchev–Trinajstić information content (AvgIpc) is 2.37. The van der Waals surface area contributed by atoms with Crippen LogP contribution in [0.3, 0.4) is 0 Å². The normalized spacial score (nSPS) is 10.0. The molecule has 0 aliphatic heterocycles. The van der Waals surface area contributed by atoms with Crippen molar-refractivity contribution in [2.75, 3.05) is 25.2 Å². The summed E-state index contributed by atoms with van der Waals surface area (Å²) in [6.45, 7) is 0.562. The molecule has 17 heavy (non-hydrogen) atoms. The Morgan fingerprint density at radius 2 is 2.24 bits per heavy atom. The first-order valence-electron chi connectivity index (χ1n) is 5.35. The number of hydrogen-bond donors (Lipinski definition) is 2. The molecule has 5 heteroatoms. The summed E-state index contributed by atoms with van der Waals surface area (Å²) < 4.78 is 5.19. The molecule has 1 amide bonds. The molecule has 0 unspecified atom stereocenters. The molecule has 1 rings (SSSR count). The van der Waals surface area contributed by atoms with E-state index in [2.05, 4.69) is 5.32 Å². The Hall–Kier alpha value is -1.20. The number of carbonyl (C=O) groups is 1. The van der Waals surface area contributed by atoms with E-state index in [9.17, 15) is 4.79 Å². The lowest BCUT2D eigenvalue weighted by Gasteiger charge is -2.09. The van der Waals surface area contributed by atoms with Gasteiger partial charge >= 0.3 is 0 Å². The summed E-state index contributed by atoms with van der Waals surface area (Å²) in [7, 11) is 1.61. The molecule has 0 spiro atoms. The van der Waals surface area contributed by atoms with E-state index < -0.39 is 0 Å². The topological polar surface area (TPSA) is 58.6 Å². The molecule has 94 valence electrons. The monoisotopic (exact) mass is 255 g/mol. The van der Waals surface area contributed by atoms with Crippen LogP contribution in [0.25, 0.3) is 0 Å². The predicted octanol–water partition coefficient (Wildman–Crippen LogP) is 1.04. The number of carbonyl (C=O) groups excluding carboxylic acids is 1. The maximum Gasteiger partial charge on any atom is 0.230 e. The number of benzene rings is 1. The van der Waals surface area contributed by atoms with E-state index >= 15 is 0 Å². The summed E-state index contributed by atoms with van der Waals surface area (Å²) >= 11 is 1.41. The summed E-state index contributed by atoms with van der Waals surface area (Å²) in [5, 5.41) is 11.4. The van der Waals surface area contributed by atoms with Crippen LogP contribution in [0.1, 0.15) is 5.56 Å². The van der Waals surface area contributed by atoms with Crippen LogP contribution in [0.5, 0.6) is 5.75 Å². The number of ether oxygens (including phenoxy) is 1. The summed E-state index contributed by atoms with van der Waals surface area (Å²) in [6, 6.07) is 7.58. The fourth-order valence-electron chi connectivity index (χ4n) is 1.32. The van der Waals surface area contributed by atoms with Crippen molar-refractivity contribution in [2.45, 2.75) is 6.54 Å². The Kier molecular flexibility index (Phi) is 6.50. The van der Waals surface area contributed by atoms with Gasteiger partial charge in [0.25, 0.3) is 0 Å². The summed E-state index contributed by atoms with van der Waals surface area (Å²) in [5.74, 6) is 1.70. The maximum atomic E-state index is 11.4. The van der Waals surface area contributed by atoms with E-state index in [1.807, 2.05) is 24.3 Å². The third kappa shape index (κ3) is 5.10. The molecular weight excluding hydrogens is 238 g/mol. The molecule has 1 aromatic carbocycles. The zero-order valence-electron chi connectivity index (χ0n) is 9.81. The second-order valence-corrected chi connectivity index (χ2v) is 4.47. The number of aliphatic hydroxyl groups excluding tert-OH is 1. The standard InChI is InChI=1S/C12H17NO3S/c1-16-11-5-3-2-4-10(11)8-13-12(15)9-17-7-6-14/h2-5,14H,6-9H2,1H3,(H,13,15). The molecule has 0 saturated carbocycles. The van der Waals surface area contributed by atoms with Gasteiger partial charge in [-0.25, -0.2) is 0 Å². The largest absolute Gasteiger partial charge is 0.496 e. The maximum absolute atomic E-state index is 11.4. The van der Waals surface area contributed by atoms with Crippen molar-refractivity contribution in [3.63, 3.8) is 0 Å². The SMILES string of the molecule is COc1ccccc1CNC(=O)CSCCO. The second kappa shape index (κ2) is 7.97. The third-order valence-corrected chi connectivity index (χ3v) is 3.07. The lowest BCUT2D eigenvalue weighted by molar-refractivity contribution is -0.118. The van der Waals surface area contributed by atoms with Crippen molar-refractivity contribution in [1.82, 2.24) is 5.32 Å². The highest BCUT2D eigenvalue weighted by molar-refractivity contribution is 7.99. The van der Waals surface area contributed by atoms with E-state index in [-0.39, 0.29) is 12.5 Å². The first kappa shape index (κ1) is 13.9. The zero-order chi connectivity index (χ0) is 12.5. The van der Waals surface area contributed by atoms with Gasteiger partial charge < -0.3 is 15.2 Å². The van der Waals surface area contributed by atoms with Crippen LogP contribution >= 0.6 is 11.8 Å². The van der Waals surface area contributed by atoms with Crippen LogP contribution in [0.2, 0.25) is 0 Å². The van der Waals surface area contributed by atoms with E-state index in [0.29, 0.717) is 18.1 Å². The Morgan fingerprint density at radius 1 is 1.47 bits per heavy atom. The minimum absolute atomic E-state index is 0.0330. The van der Waals surface area contributed by atoms with E-state index in [0.717, 1.165) is 11.3 Å². The molecule has 0 bridgehead atoms. The predicted molar refractivity (Wildman–Crippen MR) is 69.3 cm³/mol. The Balaban J connectivity index is 2.36. The second-order valence-electron chi connectivity index (χ2n) is 3.36. The molecule has 4 nitrogen and oxygen atoms in total. The van der Waals surface area contributed by atoms with Gasteiger partial charge in [-0.2, -0.15) is 0 Å². The number of para-hydroxylation sites is 1. The minimum Gasteiger partial charge on any atom is -0.496 e. The number of thioether (sulfide) groups is 1. The van der Waals surface area contributed by atoms with Gasteiger partial charge in [-0.3, -0.25) is 4.79 Å². The van der Waals surface area contributed by atoms with E-state index in [1.54, 1.807) is 7.11 Å². The first-order chi connectivity index (χ1) is 8.27. The quantitative estimate of drug-likeness (QED) is 0.715. The van der Waals surface area contributed by atoms with Gasteiger partial charge in [-0.15, -0.1) is 11.8 Å². The number of nitrogens with one attached hydrogen (secondary N) is 1. The smallest absolute Gasteiger partial charge is 0.230 e. The van der Waals surface area contributed by atoms with Gasteiger partial charge in [0.15, 0.2) is 0 Å². The van der Waals surface area contributed by atoms with Crippen molar-refractivity contribution in [1.29, 1.82) is 0 Å². The molecule has 0 fully saturated rings. The summed E-state index contributed by atoms with van der Waals surface area (Å²) in [6.07, 6.45) is 0. The zero-order valence-corrected chi connectivity index (χ0v) is 10.6. The number of rotatable bonds is 7. The molecule has 0 atom stereocenters. The van der Waals surface area contributed by atoms with E-state index in [4.69, 9.17) is 9.84 Å². The number of methoxy groups -OCH3 is 1. The molecule has 0 aromatic heterocycles. The minimum atomic E-state index is -0.0330. The van der Waals surface area contributed by atoms with E-state index in [1.165, 1.54) is 11.8 Å². The first-order valence-corrected chi connectivity index (χ1v) is 6.50. The van der Waals surface area contributed by atoms with Gasteiger partial charge in [-0.1, -0.05) is 18.2 Å². The van der Waals surface area contributed by atoms with Gasteiger partial charge in [-0.05, 0) is 6.07 Å². The van der Waals surface area contributed by atoms with Crippen LogP contribution < -0.4 is 10.1 Å². The molecule has 2 N–H and O–H groups in total. The van der Waals surface area contributed by atoms with Crippen molar-refractivity contribution < 1.29 is 14.6 Å². The molecule has 0 aliphatic carbocycles. The molecule has 0 heterocycles. The fourth-order valence-corrected chi connectivity index (χ4v) is 1.88. The third-order valence-electron chi connectivity index (χ3n) is 2.14. The van der Waals surface area contributed by atoms with Crippen LogP contribution in [-0.4, -0.2) is 36.2 Å². The van der Waals surface area contributed by atoms with Gasteiger partial charge in [0.2, 0.25) is 5.91 Å². The van der Waals surface area contributed by atoms with Crippen molar-refractivity contribution >= 4 is 17.7 Å². The molecule has 1 aromatic rings. The van der Waals surface area contributed by atoms with Crippen molar-refractivity contribution in [2.24, 2.45) is 0 Å². The van der Waals surface area contributed by atoms with Crippen LogP contribution in [0.4, 0.5) is 0 Å². The van der Waals surface area contributed by atoms with Gasteiger partial charge in [0, 0.05) is 17.9 Å². The van der Waals surface area contributed by atoms with Crippen molar-refractivity contribution in [3.05, 3.63) is 29.8 Å². The van der Waals surface area contributed by atoms with Crippen molar-refractivity contribution in [3.8, 4) is 5.75 Å². The molecule has 0 saturated heterocycles. The van der Waals surface area contributed by atoms with Crippen LogP contribution in [0.15, 0.2) is 24.3 Å². The Labute approximate surface area is 105 Å². The number of amides is 1. The molecule has 0 aliphatic rings. The fraction of sp³-hybridized carbons (Fsp3) is 0.417. The lowest BCUT2D eigenvalue weighted by atomic mass is 10.2. The highest BCUT2D eigenvalue weighted by Crippen LogP contribution is 2.16. The van der Waals surface area contributed by atoms with Crippen LogP contribution in [-0.2, 0) is 11.3 Å². The molecule has 0 radical (unpaired) electrons. The number of hydrogen-bond acceptors (Lipinski definition) is 4. The summed E-state index contributed by atoms with van der Waals surface area (Å²) in [5.41, 5.74) is 0.954. The summed E-state index contributed by atoms with van der Waals surface area (Å²) in [4.78, 5) is 11.4.